The predicted molar refractivity (Wildman–Crippen MR) is 108 cm³/mol. The molecule has 0 aliphatic carbocycles. The van der Waals surface area contributed by atoms with Crippen LogP contribution in [0, 0.1) is 5.92 Å². The fourth-order valence-corrected chi connectivity index (χ4v) is 3.60. The number of nitrogens with two attached hydrogens (primary N) is 1. The molecule has 0 spiro atoms. The average molecular weight is 474 g/mol. The Kier molecular flexibility index (Phi) is 11.0. The third-order valence-corrected chi connectivity index (χ3v) is 5.60. The van der Waals surface area contributed by atoms with E-state index in [4.69, 9.17) is 5.14 Å². The Balaban J connectivity index is 0.00000484. The first kappa shape index (κ1) is 22.6. The van der Waals surface area contributed by atoms with Gasteiger partial charge in [-0.05, 0) is 24.5 Å². The number of thiophene rings is 1. The van der Waals surface area contributed by atoms with Crippen LogP contribution in [-0.4, -0.2) is 28.0 Å². The molecule has 0 radical (unpaired) electrons. The minimum Gasteiger partial charge on any atom is -0.356 e. The molecule has 23 heavy (non-hydrogen) atoms. The first-order valence-corrected chi connectivity index (χ1v) is 9.75. The largest absolute Gasteiger partial charge is 0.356 e. The van der Waals surface area contributed by atoms with Crippen molar-refractivity contribution in [1.82, 2.24) is 10.6 Å². The molecule has 1 heterocycles. The maximum absolute atomic E-state index is 11.2. The van der Waals surface area contributed by atoms with Crippen LogP contribution in [0.4, 0.5) is 0 Å². The summed E-state index contributed by atoms with van der Waals surface area (Å²) in [4.78, 5) is 5.04. The number of hydrogen-bond donors (Lipinski definition) is 3. The summed E-state index contributed by atoms with van der Waals surface area (Å²) in [5, 5.41) is 11.5. The highest BCUT2D eigenvalue weighted by molar-refractivity contribution is 14.0. The molecule has 1 aromatic heterocycles. The van der Waals surface area contributed by atoms with E-state index in [1.165, 1.54) is 30.2 Å². The number of unbranched alkanes of at least 4 members (excludes halogenated alkanes) is 1. The Hall–Kier alpha value is -0.390. The van der Waals surface area contributed by atoms with Gasteiger partial charge in [0.2, 0.25) is 10.0 Å². The van der Waals surface area contributed by atoms with E-state index in [9.17, 15) is 8.42 Å². The van der Waals surface area contributed by atoms with Crippen molar-refractivity contribution in [1.29, 1.82) is 0 Å². The first-order valence-electron chi connectivity index (χ1n) is 7.39. The smallest absolute Gasteiger partial charge is 0.247 e. The van der Waals surface area contributed by atoms with Gasteiger partial charge in [0.05, 0.1) is 6.54 Å². The normalized spacial score (nSPS) is 12.1. The Bertz CT molecular complexity index is 585. The first-order chi connectivity index (χ1) is 10.3. The van der Waals surface area contributed by atoms with Gasteiger partial charge in [0.15, 0.2) is 5.96 Å². The molecule has 0 aliphatic rings. The van der Waals surface area contributed by atoms with Gasteiger partial charge < -0.3 is 10.6 Å². The minimum absolute atomic E-state index is 0. The van der Waals surface area contributed by atoms with Crippen molar-refractivity contribution in [2.75, 3.05) is 13.6 Å². The van der Waals surface area contributed by atoms with Gasteiger partial charge in [-0.15, -0.1) is 35.3 Å². The number of nitrogens with zero attached hydrogens (tertiary/aromatic N) is 1. The van der Waals surface area contributed by atoms with Crippen molar-refractivity contribution in [3.05, 3.63) is 17.0 Å². The van der Waals surface area contributed by atoms with E-state index in [1.54, 1.807) is 13.1 Å². The van der Waals surface area contributed by atoms with Crippen molar-refractivity contribution >= 4 is 51.3 Å². The van der Waals surface area contributed by atoms with E-state index in [-0.39, 0.29) is 28.2 Å². The quantitative estimate of drug-likeness (QED) is 0.234. The number of nitrogens with one attached hydrogen (secondary N) is 2. The highest BCUT2D eigenvalue weighted by atomic mass is 127. The molecule has 0 aromatic carbocycles. The number of rotatable bonds is 8. The van der Waals surface area contributed by atoms with E-state index in [1.807, 2.05) is 0 Å². The fraction of sp³-hybridized carbons (Fsp3) is 0.643. The molecule has 0 atom stereocenters. The summed E-state index contributed by atoms with van der Waals surface area (Å²) >= 11 is 1.17. The minimum atomic E-state index is -3.61. The zero-order valence-corrected chi connectivity index (χ0v) is 17.8. The maximum Gasteiger partial charge on any atom is 0.247 e. The summed E-state index contributed by atoms with van der Waals surface area (Å²) in [5.41, 5.74) is 0. The van der Waals surface area contributed by atoms with Crippen molar-refractivity contribution in [3.8, 4) is 0 Å². The SMILES string of the molecule is CN=C(NCCCCC(C)C)NCc1ccc(S(N)(=O)=O)s1.I. The van der Waals surface area contributed by atoms with E-state index in [0.717, 1.165) is 29.7 Å². The lowest BCUT2D eigenvalue weighted by Gasteiger charge is -2.11. The zero-order valence-electron chi connectivity index (χ0n) is 13.8. The third kappa shape index (κ3) is 9.48. The van der Waals surface area contributed by atoms with Crippen LogP contribution >= 0.6 is 35.3 Å². The molecule has 0 saturated carbocycles. The topological polar surface area (TPSA) is 96.6 Å². The van der Waals surface area contributed by atoms with Gasteiger partial charge in [-0.25, -0.2) is 13.6 Å². The molecule has 0 fully saturated rings. The van der Waals surface area contributed by atoms with Gasteiger partial charge in [0.25, 0.3) is 0 Å². The summed E-state index contributed by atoms with van der Waals surface area (Å²) in [6, 6.07) is 3.28. The number of primary sulfonamides is 1. The molecule has 9 heteroatoms. The fourth-order valence-electron chi connectivity index (χ4n) is 1.88. The summed E-state index contributed by atoms with van der Waals surface area (Å²) in [6.45, 7) is 5.85. The van der Waals surface area contributed by atoms with Gasteiger partial charge in [-0.1, -0.05) is 26.7 Å². The van der Waals surface area contributed by atoms with E-state index >= 15 is 0 Å². The van der Waals surface area contributed by atoms with Crippen molar-refractivity contribution in [2.45, 2.75) is 43.9 Å². The van der Waals surface area contributed by atoms with Crippen LogP contribution in [0.5, 0.6) is 0 Å². The molecular formula is C14H27IN4O2S2. The molecule has 0 unspecified atom stereocenters. The van der Waals surface area contributed by atoms with Gasteiger partial charge in [-0.3, -0.25) is 4.99 Å². The molecule has 134 valence electrons. The predicted octanol–water partition coefficient (Wildman–Crippen LogP) is 2.50. The van der Waals surface area contributed by atoms with Gasteiger partial charge in [-0.2, -0.15) is 0 Å². The second kappa shape index (κ2) is 11.2. The summed E-state index contributed by atoms with van der Waals surface area (Å²) in [6.07, 6.45) is 3.54. The van der Waals surface area contributed by atoms with Crippen LogP contribution in [-0.2, 0) is 16.6 Å². The highest BCUT2D eigenvalue weighted by Gasteiger charge is 2.11. The lowest BCUT2D eigenvalue weighted by molar-refractivity contribution is 0.534. The molecule has 4 N–H and O–H groups in total. The maximum atomic E-state index is 11.2. The Morgan fingerprint density at radius 1 is 1.30 bits per heavy atom. The molecule has 1 rings (SSSR count). The van der Waals surface area contributed by atoms with E-state index < -0.39 is 10.0 Å². The highest BCUT2D eigenvalue weighted by Crippen LogP contribution is 2.19. The Labute approximate surface area is 160 Å². The molecule has 1 aromatic rings. The number of guanidine groups is 1. The molecule has 0 saturated heterocycles. The molecule has 0 bridgehead atoms. The van der Waals surface area contributed by atoms with E-state index in [2.05, 4.69) is 29.5 Å². The van der Waals surface area contributed by atoms with Crippen LogP contribution in [0.3, 0.4) is 0 Å². The standard InChI is InChI=1S/C14H26N4O2S2.HI/c1-11(2)6-4-5-9-17-14(16-3)18-10-12-7-8-13(21-12)22(15,19)20;/h7-8,11H,4-6,9-10H2,1-3H3,(H2,15,19,20)(H2,16,17,18);1H. The molecule has 0 aliphatic heterocycles. The number of hydrogen-bond acceptors (Lipinski definition) is 4. The van der Waals surface area contributed by atoms with Gasteiger partial charge >= 0.3 is 0 Å². The van der Waals surface area contributed by atoms with Crippen molar-refractivity contribution in [2.24, 2.45) is 16.0 Å². The monoisotopic (exact) mass is 474 g/mol. The summed E-state index contributed by atoms with van der Waals surface area (Å²) in [7, 11) is -1.89. The van der Waals surface area contributed by atoms with Gasteiger partial charge in [0.1, 0.15) is 4.21 Å². The van der Waals surface area contributed by atoms with Crippen molar-refractivity contribution in [3.63, 3.8) is 0 Å². The van der Waals surface area contributed by atoms with Crippen LogP contribution in [0.25, 0.3) is 0 Å². The van der Waals surface area contributed by atoms with Crippen LogP contribution in [0.15, 0.2) is 21.3 Å². The van der Waals surface area contributed by atoms with E-state index in [0.29, 0.717) is 6.54 Å². The molecule has 0 amide bonds. The van der Waals surface area contributed by atoms with Crippen LogP contribution < -0.4 is 15.8 Å². The zero-order chi connectivity index (χ0) is 16.6. The number of aliphatic imine (C=N–C) groups is 1. The van der Waals surface area contributed by atoms with Gasteiger partial charge in [0, 0.05) is 18.5 Å². The van der Waals surface area contributed by atoms with Crippen LogP contribution in [0.2, 0.25) is 0 Å². The lowest BCUT2D eigenvalue weighted by Crippen LogP contribution is -2.37. The second-order valence-corrected chi connectivity index (χ2v) is 8.46. The number of halogens is 1. The van der Waals surface area contributed by atoms with Crippen molar-refractivity contribution < 1.29 is 8.42 Å². The third-order valence-electron chi connectivity index (χ3n) is 3.07. The summed E-state index contributed by atoms with van der Waals surface area (Å²) < 4.78 is 22.6. The Morgan fingerprint density at radius 2 is 2.00 bits per heavy atom. The average Bonchev–Trinajstić information content (AvgIpc) is 2.90. The number of sulfonamides is 1. The Morgan fingerprint density at radius 3 is 2.52 bits per heavy atom. The van der Waals surface area contributed by atoms with Crippen LogP contribution in [0.1, 0.15) is 38.0 Å². The molecular weight excluding hydrogens is 447 g/mol. The summed E-state index contributed by atoms with van der Waals surface area (Å²) in [5.74, 6) is 1.46. The lowest BCUT2D eigenvalue weighted by atomic mass is 10.1. The molecule has 6 nitrogen and oxygen atoms in total. The second-order valence-electron chi connectivity index (χ2n) is 5.51.